The summed E-state index contributed by atoms with van der Waals surface area (Å²) >= 11 is 0. The molecule has 2 amide bonds. The summed E-state index contributed by atoms with van der Waals surface area (Å²) in [6.07, 6.45) is 0. The van der Waals surface area contributed by atoms with E-state index >= 15 is 0 Å². The third kappa shape index (κ3) is 6.35. The molecular weight excluding hydrogens is 495 g/mol. The van der Waals surface area contributed by atoms with Gasteiger partial charge in [-0.3, -0.25) is 14.5 Å². The molecule has 5 rings (SSSR count). The van der Waals surface area contributed by atoms with Crippen LogP contribution in [-0.2, 0) is 11.3 Å². The molecule has 3 aromatic carbocycles. The Hall–Kier alpha value is -4.01. The lowest BCUT2D eigenvalue weighted by atomic mass is 10.1. The summed E-state index contributed by atoms with van der Waals surface area (Å²) in [6.45, 7) is 9.18. The zero-order valence-corrected chi connectivity index (χ0v) is 22.3. The van der Waals surface area contributed by atoms with E-state index in [0.717, 1.165) is 60.4 Å². The number of fused-ring (bicyclic) bond motifs is 1. The van der Waals surface area contributed by atoms with Gasteiger partial charge < -0.3 is 19.9 Å². The second-order valence-electron chi connectivity index (χ2n) is 9.99. The molecule has 1 aliphatic heterocycles. The van der Waals surface area contributed by atoms with E-state index in [1.807, 2.05) is 28.8 Å². The molecule has 7 nitrogen and oxygen atoms in total. The number of hydrogen-bond donors (Lipinski definition) is 2. The first-order valence-corrected chi connectivity index (χ1v) is 13.2. The van der Waals surface area contributed by atoms with Gasteiger partial charge in [0, 0.05) is 54.9 Å². The van der Waals surface area contributed by atoms with Gasteiger partial charge in [0.25, 0.3) is 11.8 Å². The van der Waals surface area contributed by atoms with Crippen LogP contribution in [0.25, 0.3) is 10.9 Å². The number of carbonyl (C=O) groups excluding carboxylic acids is 2. The number of rotatable bonds is 8. The van der Waals surface area contributed by atoms with Gasteiger partial charge in [0.1, 0.15) is 11.5 Å². The van der Waals surface area contributed by atoms with Crippen molar-refractivity contribution in [3.63, 3.8) is 0 Å². The number of aromatic nitrogens is 1. The Balaban J connectivity index is 1.41. The van der Waals surface area contributed by atoms with Crippen LogP contribution in [0.15, 0.2) is 66.7 Å². The van der Waals surface area contributed by atoms with Crippen LogP contribution in [0.4, 0.5) is 10.1 Å². The van der Waals surface area contributed by atoms with Gasteiger partial charge in [-0.05, 0) is 73.5 Å². The van der Waals surface area contributed by atoms with Crippen molar-refractivity contribution in [3.05, 3.63) is 100 Å². The number of morpholine rings is 1. The quantitative estimate of drug-likeness (QED) is 0.346. The van der Waals surface area contributed by atoms with Crippen LogP contribution in [-0.4, -0.2) is 60.7 Å². The zero-order valence-electron chi connectivity index (χ0n) is 22.3. The van der Waals surface area contributed by atoms with E-state index in [9.17, 15) is 14.0 Å². The van der Waals surface area contributed by atoms with E-state index in [0.29, 0.717) is 30.0 Å². The summed E-state index contributed by atoms with van der Waals surface area (Å²) in [6, 6.07) is 19.2. The molecule has 0 aliphatic carbocycles. The lowest BCUT2D eigenvalue weighted by Gasteiger charge is -2.26. The van der Waals surface area contributed by atoms with Gasteiger partial charge in [-0.1, -0.05) is 23.8 Å². The van der Waals surface area contributed by atoms with Gasteiger partial charge in [0.15, 0.2) is 0 Å². The fourth-order valence-corrected chi connectivity index (χ4v) is 4.90. The van der Waals surface area contributed by atoms with Gasteiger partial charge in [-0.25, -0.2) is 4.39 Å². The van der Waals surface area contributed by atoms with E-state index in [1.54, 1.807) is 0 Å². The van der Waals surface area contributed by atoms with E-state index < -0.39 is 5.82 Å². The van der Waals surface area contributed by atoms with Gasteiger partial charge >= 0.3 is 0 Å². The minimum atomic E-state index is -0.395. The average Bonchev–Trinajstić information content (AvgIpc) is 3.29. The number of ether oxygens (including phenoxy) is 1. The number of anilines is 1. The number of nitrogens with zero attached hydrogens (tertiary/aromatic N) is 2. The highest BCUT2D eigenvalue weighted by molar-refractivity contribution is 6.06. The molecule has 0 spiro atoms. The van der Waals surface area contributed by atoms with Crippen molar-refractivity contribution in [3.8, 4) is 0 Å². The summed E-state index contributed by atoms with van der Waals surface area (Å²) in [5.41, 5.74) is 5.88. The molecule has 1 fully saturated rings. The Labute approximate surface area is 227 Å². The summed E-state index contributed by atoms with van der Waals surface area (Å²) in [7, 11) is 0. The molecule has 1 aromatic heterocycles. The number of carbonyl (C=O) groups is 2. The molecule has 8 heteroatoms. The molecule has 0 unspecified atom stereocenters. The first kappa shape index (κ1) is 26.6. The third-order valence-corrected chi connectivity index (χ3v) is 7.15. The average molecular weight is 529 g/mol. The smallest absolute Gasteiger partial charge is 0.267 e. The number of halogens is 1. The van der Waals surface area contributed by atoms with Crippen LogP contribution < -0.4 is 10.6 Å². The second-order valence-corrected chi connectivity index (χ2v) is 9.99. The fourth-order valence-electron chi connectivity index (χ4n) is 4.90. The van der Waals surface area contributed by atoms with Gasteiger partial charge in [-0.15, -0.1) is 0 Å². The standard InChI is InChI=1S/C31H33FN4O3/c1-21-3-4-22(2)25(17-21)20-36-28-10-9-27(34-30(37)23-5-7-26(32)8-6-23)18-24(28)19-29(36)31(38)33-11-12-35-13-15-39-16-14-35/h3-10,17-19H,11-16,20H2,1-2H3,(H,33,38)(H,34,37). The number of nitrogens with one attached hydrogen (secondary N) is 2. The van der Waals surface area contributed by atoms with Crippen LogP contribution >= 0.6 is 0 Å². The van der Waals surface area contributed by atoms with Crippen LogP contribution in [0, 0.1) is 19.7 Å². The van der Waals surface area contributed by atoms with Crippen LogP contribution in [0.2, 0.25) is 0 Å². The highest BCUT2D eigenvalue weighted by Crippen LogP contribution is 2.26. The van der Waals surface area contributed by atoms with Crippen molar-refractivity contribution < 1.29 is 18.7 Å². The summed E-state index contributed by atoms with van der Waals surface area (Å²) in [5.74, 6) is -0.860. The van der Waals surface area contributed by atoms with E-state index in [2.05, 4.69) is 47.6 Å². The normalized spacial score (nSPS) is 13.9. The molecular formula is C31H33FN4O3. The molecule has 0 saturated carbocycles. The molecule has 4 aromatic rings. The molecule has 1 aliphatic rings. The summed E-state index contributed by atoms with van der Waals surface area (Å²) in [5, 5.41) is 6.81. The second kappa shape index (κ2) is 11.8. The predicted molar refractivity (Wildman–Crippen MR) is 151 cm³/mol. The Kier molecular flexibility index (Phi) is 8.05. The summed E-state index contributed by atoms with van der Waals surface area (Å²) < 4.78 is 20.7. The maximum atomic E-state index is 13.4. The minimum absolute atomic E-state index is 0.137. The summed E-state index contributed by atoms with van der Waals surface area (Å²) in [4.78, 5) is 28.4. The molecule has 1 saturated heterocycles. The Morgan fingerprint density at radius 3 is 2.46 bits per heavy atom. The van der Waals surface area contributed by atoms with Crippen molar-refractivity contribution >= 4 is 28.4 Å². The van der Waals surface area contributed by atoms with Crippen molar-refractivity contribution in [1.29, 1.82) is 0 Å². The molecule has 0 bridgehead atoms. The van der Waals surface area contributed by atoms with E-state index in [-0.39, 0.29) is 11.8 Å². The monoisotopic (exact) mass is 528 g/mol. The van der Waals surface area contributed by atoms with Crippen molar-refractivity contribution in [1.82, 2.24) is 14.8 Å². The van der Waals surface area contributed by atoms with Gasteiger partial charge in [-0.2, -0.15) is 0 Å². The molecule has 39 heavy (non-hydrogen) atoms. The van der Waals surface area contributed by atoms with Crippen molar-refractivity contribution in [2.24, 2.45) is 0 Å². The molecule has 0 atom stereocenters. The van der Waals surface area contributed by atoms with Crippen LogP contribution in [0.5, 0.6) is 0 Å². The highest BCUT2D eigenvalue weighted by atomic mass is 19.1. The largest absolute Gasteiger partial charge is 0.379 e. The van der Waals surface area contributed by atoms with Crippen molar-refractivity contribution in [2.45, 2.75) is 20.4 Å². The first-order chi connectivity index (χ1) is 18.9. The lowest BCUT2D eigenvalue weighted by Crippen LogP contribution is -2.41. The molecule has 2 heterocycles. The van der Waals surface area contributed by atoms with Gasteiger partial charge in [0.05, 0.1) is 13.2 Å². The Morgan fingerprint density at radius 1 is 0.923 bits per heavy atom. The maximum Gasteiger partial charge on any atom is 0.267 e. The number of amides is 2. The Morgan fingerprint density at radius 2 is 1.69 bits per heavy atom. The van der Waals surface area contributed by atoms with Crippen LogP contribution in [0.3, 0.4) is 0 Å². The van der Waals surface area contributed by atoms with Crippen LogP contribution in [0.1, 0.15) is 37.5 Å². The molecule has 2 N–H and O–H groups in total. The highest BCUT2D eigenvalue weighted by Gasteiger charge is 2.18. The first-order valence-electron chi connectivity index (χ1n) is 13.2. The maximum absolute atomic E-state index is 13.4. The Bertz CT molecular complexity index is 1490. The van der Waals surface area contributed by atoms with E-state index in [1.165, 1.54) is 24.3 Å². The molecule has 202 valence electrons. The van der Waals surface area contributed by atoms with Crippen molar-refractivity contribution in [2.75, 3.05) is 44.7 Å². The molecule has 0 radical (unpaired) electrons. The number of aryl methyl sites for hydroxylation is 2. The third-order valence-electron chi connectivity index (χ3n) is 7.15. The van der Waals surface area contributed by atoms with Gasteiger partial charge in [0.2, 0.25) is 0 Å². The zero-order chi connectivity index (χ0) is 27.4. The minimum Gasteiger partial charge on any atom is -0.379 e. The van der Waals surface area contributed by atoms with E-state index in [4.69, 9.17) is 4.74 Å². The predicted octanol–water partition coefficient (Wildman–Crippen LogP) is 4.76. The lowest BCUT2D eigenvalue weighted by molar-refractivity contribution is 0.0383. The SMILES string of the molecule is Cc1ccc(C)c(Cn2c(C(=O)NCCN3CCOCC3)cc3cc(NC(=O)c4ccc(F)cc4)ccc32)c1. The number of benzene rings is 3. The number of hydrogen-bond acceptors (Lipinski definition) is 4. The topological polar surface area (TPSA) is 75.6 Å². The fraction of sp³-hybridized carbons (Fsp3) is 0.290.